The molecule has 0 aliphatic heterocycles. The van der Waals surface area contributed by atoms with Crippen molar-refractivity contribution in [1.82, 2.24) is 10.3 Å². The van der Waals surface area contributed by atoms with Crippen molar-refractivity contribution in [3.63, 3.8) is 0 Å². The van der Waals surface area contributed by atoms with Crippen LogP contribution in [0, 0.1) is 18.3 Å². The molecule has 0 saturated carbocycles. The Morgan fingerprint density at radius 1 is 1.60 bits per heavy atom. The Labute approximate surface area is 95.2 Å². The van der Waals surface area contributed by atoms with Gasteiger partial charge in [0.25, 0.3) is 0 Å². The Bertz CT molecular complexity index is 327. The zero-order chi connectivity index (χ0) is 11.1. The maximum absolute atomic E-state index is 8.38. The third-order valence-electron chi connectivity index (χ3n) is 2.18. The number of thiazole rings is 1. The van der Waals surface area contributed by atoms with Crippen molar-refractivity contribution < 1.29 is 0 Å². The highest BCUT2D eigenvalue weighted by molar-refractivity contribution is 7.11. The fraction of sp³-hybridized carbons (Fsp3) is 0.636. The number of rotatable bonds is 6. The minimum atomic E-state index is 0.325. The molecule has 0 radical (unpaired) electrons. The van der Waals surface area contributed by atoms with E-state index < -0.39 is 0 Å². The summed E-state index contributed by atoms with van der Waals surface area (Å²) in [7, 11) is 0. The normalized spacial score (nSPS) is 12.3. The predicted molar refractivity (Wildman–Crippen MR) is 62.7 cm³/mol. The molecule has 0 fully saturated rings. The van der Waals surface area contributed by atoms with Gasteiger partial charge in [0, 0.05) is 17.5 Å². The summed E-state index contributed by atoms with van der Waals surface area (Å²) in [4.78, 5) is 5.59. The molecule has 0 amide bonds. The van der Waals surface area contributed by atoms with Crippen molar-refractivity contribution in [2.24, 2.45) is 0 Å². The first-order valence-electron chi connectivity index (χ1n) is 5.26. The van der Waals surface area contributed by atoms with Crippen molar-refractivity contribution in [2.45, 2.75) is 39.2 Å². The Kier molecular flexibility index (Phi) is 5.30. The molecule has 0 spiro atoms. The summed E-state index contributed by atoms with van der Waals surface area (Å²) in [6.45, 7) is 5.16. The number of aromatic nitrogens is 1. The van der Waals surface area contributed by atoms with Crippen LogP contribution in [-0.2, 0) is 0 Å². The summed E-state index contributed by atoms with van der Waals surface area (Å²) in [5.41, 5.74) is 0. The first-order chi connectivity index (χ1) is 7.24. The molecule has 1 aromatic heterocycles. The van der Waals surface area contributed by atoms with Crippen LogP contribution < -0.4 is 5.32 Å². The molecule has 1 atom stereocenters. The maximum Gasteiger partial charge on any atom is 0.109 e. The minimum Gasteiger partial charge on any atom is -0.308 e. The number of unbranched alkanes of at least 4 members (excludes halogenated alkanes) is 2. The van der Waals surface area contributed by atoms with Gasteiger partial charge >= 0.3 is 0 Å². The number of aryl methyl sites for hydroxylation is 1. The summed E-state index contributed by atoms with van der Waals surface area (Å²) in [5, 5.41) is 12.9. The second-order valence-electron chi connectivity index (χ2n) is 3.60. The number of nitrogens with zero attached hydrogens (tertiary/aromatic N) is 2. The highest BCUT2D eigenvalue weighted by Gasteiger charge is 2.07. The van der Waals surface area contributed by atoms with Crippen molar-refractivity contribution in [3.05, 3.63) is 16.1 Å². The fourth-order valence-corrected chi connectivity index (χ4v) is 2.11. The summed E-state index contributed by atoms with van der Waals surface area (Å²) in [5.74, 6) is 0. The molecule has 0 aromatic carbocycles. The molecule has 1 rings (SSSR count). The quantitative estimate of drug-likeness (QED) is 0.754. The van der Waals surface area contributed by atoms with Crippen LogP contribution in [-0.4, -0.2) is 11.5 Å². The Morgan fingerprint density at radius 3 is 3.00 bits per heavy atom. The van der Waals surface area contributed by atoms with E-state index in [-0.39, 0.29) is 0 Å². The molecule has 3 nitrogen and oxygen atoms in total. The monoisotopic (exact) mass is 223 g/mol. The highest BCUT2D eigenvalue weighted by atomic mass is 32.1. The van der Waals surface area contributed by atoms with Gasteiger partial charge in [0.05, 0.1) is 12.1 Å². The number of hydrogen-bond acceptors (Lipinski definition) is 4. The molecule has 0 bridgehead atoms. The van der Waals surface area contributed by atoms with Crippen molar-refractivity contribution in [2.75, 3.05) is 6.54 Å². The lowest BCUT2D eigenvalue weighted by molar-refractivity contribution is 0.547. The molecule has 0 aliphatic rings. The molecule has 0 saturated heterocycles. The minimum absolute atomic E-state index is 0.325. The van der Waals surface area contributed by atoms with Gasteiger partial charge in [0.15, 0.2) is 0 Å². The molecule has 1 aromatic rings. The SMILES string of the molecule is Cc1cnc([C@H](C)NCCCCC#N)s1. The van der Waals surface area contributed by atoms with Crippen molar-refractivity contribution >= 4 is 11.3 Å². The molecule has 1 heterocycles. The van der Waals surface area contributed by atoms with Gasteiger partial charge in [-0.05, 0) is 33.2 Å². The van der Waals surface area contributed by atoms with Crippen molar-refractivity contribution in [1.29, 1.82) is 5.26 Å². The van der Waals surface area contributed by atoms with Crippen LogP contribution >= 0.6 is 11.3 Å². The Morgan fingerprint density at radius 2 is 2.40 bits per heavy atom. The molecule has 4 heteroatoms. The maximum atomic E-state index is 8.38. The average molecular weight is 223 g/mol. The van der Waals surface area contributed by atoms with Gasteiger partial charge in [-0.25, -0.2) is 4.98 Å². The molecule has 0 unspecified atom stereocenters. The van der Waals surface area contributed by atoms with Gasteiger partial charge in [-0.3, -0.25) is 0 Å². The van der Waals surface area contributed by atoms with E-state index in [9.17, 15) is 0 Å². The Balaban J connectivity index is 2.19. The zero-order valence-corrected chi connectivity index (χ0v) is 10.1. The van der Waals surface area contributed by atoms with Crippen LogP contribution in [0.15, 0.2) is 6.20 Å². The van der Waals surface area contributed by atoms with Gasteiger partial charge in [-0.2, -0.15) is 5.26 Å². The van der Waals surface area contributed by atoms with Crippen LogP contribution in [0.1, 0.15) is 42.1 Å². The van der Waals surface area contributed by atoms with Gasteiger partial charge in [0.1, 0.15) is 5.01 Å². The van der Waals surface area contributed by atoms with Crippen LogP contribution in [0.4, 0.5) is 0 Å². The zero-order valence-electron chi connectivity index (χ0n) is 9.29. The standard InChI is InChI=1S/C11H17N3S/c1-9-8-14-11(15-9)10(2)13-7-5-3-4-6-12/h8,10,13H,3-5,7H2,1-2H3/t10-/m0/s1. The first kappa shape index (κ1) is 12.2. The summed E-state index contributed by atoms with van der Waals surface area (Å²) in [6.07, 6.45) is 4.61. The lowest BCUT2D eigenvalue weighted by atomic mass is 10.2. The highest BCUT2D eigenvalue weighted by Crippen LogP contribution is 2.18. The van der Waals surface area contributed by atoms with E-state index in [1.54, 1.807) is 11.3 Å². The predicted octanol–water partition coefficient (Wildman–Crippen LogP) is 2.80. The van der Waals surface area contributed by atoms with Gasteiger partial charge in [0.2, 0.25) is 0 Å². The first-order valence-corrected chi connectivity index (χ1v) is 6.08. The van der Waals surface area contributed by atoms with Gasteiger partial charge < -0.3 is 5.32 Å². The van der Waals surface area contributed by atoms with E-state index >= 15 is 0 Å². The molecular formula is C11H17N3S. The van der Waals surface area contributed by atoms with Gasteiger partial charge in [-0.1, -0.05) is 0 Å². The molecule has 82 valence electrons. The van der Waals surface area contributed by atoms with E-state index in [1.165, 1.54) is 4.88 Å². The lowest BCUT2D eigenvalue weighted by Crippen LogP contribution is -2.19. The number of hydrogen-bond donors (Lipinski definition) is 1. The molecule has 0 aliphatic carbocycles. The van der Waals surface area contributed by atoms with Crippen LogP contribution in [0.3, 0.4) is 0 Å². The fourth-order valence-electron chi connectivity index (χ4n) is 1.31. The van der Waals surface area contributed by atoms with E-state index in [4.69, 9.17) is 5.26 Å². The van der Waals surface area contributed by atoms with Crippen LogP contribution in [0.25, 0.3) is 0 Å². The second kappa shape index (κ2) is 6.54. The lowest BCUT2D eigenvalue weighted by Gasteiger charge is -2.09. The second-order valence-corrected chi connectivity index (χ2v) is 4.87. The Hall–Kier alpha value is -0.920. The largest absolute Gasteiger partial charge is 0.308 e. The number of nitrogens with one attached hydrogen (secondary N) is 1. The summed E-state index contributed by atoms with van der Waals surface area (Å²) < 4.78 is 0. The van der Waals surface area contributed by atoms with Gasteiger partial charge in [-0.15, -0.1) is 11.3 Å². The summed E-state index contributed by atoms with van der Waals surface area (Å²) >= 11 is 1.74. The van der Waals surface area contributed by atoms with E-state index in [0.29, 0.717) is 12.5 Å². The smallest absolute Gasteiger partial charge is 0.109 e. The molecule has 15 heavy (non-hydrogen) atoms. The topological polar surface area (TPSA) is 48.7 Å². The average Bonchev–Trinajstić information content (AvgIpc) is 2.64. The molecular weight excluding hydrogens is 206 g/mol. The summed E-state index contributed by atoms with van der Waals surface area (Å²) in [6, 6.07) is 2.48. The van der Waals surface area contributed by atoms with Crippen molar-refractivity contribution in [3.8, 4) is 6.07 Å². The van der Waals surface area contributed by atoms with E-state index in [1.807, 2.05) is 6.20 Å². The molecule has 1 N–H and O–H groups in total. The van der Waals surface area contributed by atoms with E-state index in [2.05, 4.69) is 30.2 Å². The number of nitriles is 1. The van der Waals surface area contributed by atoms with Crippen LogP contribution in [0.2, 0.25) is 0 Å². The van der Waals surface area contributed by atoms with E-state index in [0.717, 1.165) is 24.4 Å². The third-order valence-corrected chi connectivity index (χ3v) is 3.27. The van der Waals surface area contributed by atoms with Crippen LogP contribution in [0.5, 0.6) is 0 Å². The third kappa shape index (κ3) is 4.41.